The van der Waals surface area contributed by atoms with Gasteiger partial charge >= 0.3 is 0 Å². The molecule has 0 saturated heterocycles. The molecule has 0 heterocycles. The van der Waals surface area contributed by atoms with Crippen molar-refractivity contribution in [1.29, 1.82) is 0 Å². The van der Waals surface area contributed by atoms with Crippen LogP contribution < -0.4 is 0 Å². The SMILES string of the molecule is [CH2]C(CC)C1CC/C=C\CCC1. The van der Waals surface area contributed by atoms with Crippen LogP contribution in [0.1, 0.15) is 45.4 Å². The number of hydrogen-bond donors (Lipinski definition) is 0. The Hall–Kier alpha value is -0.260. The topological polar surface area (TPSA) is 0 Å². The van der Waals surface area contributed by atoms with E-state index >= 15 is 0 Å². The molecule has 1 radical (unpaired) electrons. The fourth-order valence-electron chi connectivity index (χ4n) is 1.99. The molecule has 2 atom stereocenters. The van der Waals surface area contributed by atoms with Crippen LogP contribution in [0.15, 0.2) is 12.2 Å². The van der Waals surface area contributed by atoms with Crippen LogP contribution in [0.25, 0.3) is 0 Å². The molecule has 0 spiro atoms. The van der Waals surface area contributed by atoms with Crippen molar-refractivity contribution in [2.24, 2.45) is 11.8 Å². The van der Waals surface area contributed by atoms with Crippen LogP contribution in [-0.2, 0) is 0 Å². The minimum atomic E-state index is 0.691. The quantitative estimate of drug-likeness (QED) is 0.543. The van der Waals surface area contributed by atoms with Gasteiger partial charge in [-0.1, -0.05) is 25.5 Å². The molecule has 0 amide bonds. The lowest BCUT2D eigenvalue weighted by Gasteiger charge is -2.23. The second-order valence-electron chi connectivity index (χ2n) is 3.91. The lowest BCUT2D eigenvalue weighted by Crippen LogP contribution is -2.11. The lowest BCUT2D eigenvalue weighted by molar-refractivity contribution is 0.327. The van der Waals surface area contributed by atoms with Crippen LogP contribution in [0.5, 0.6) is 0 Å². The van der Waals surface area contributed by atoms with Gasteiger partial charge in [-0.15, -0.1) is 0 Å². The molecular formula is C12H21. The number of allylic oxidation sites excluding steroid dienone is 2. The van der Waals surface area contributed by atoms with Gasteiger partial charge in [-0.25, -0.2) is 0 Å². The monoisotopic (exact) mass is 165 g/mol. The van der Waals surface area contributed by atoms with Crippen molar-refractivity contribution in [3.63, 3.8) is 0 Å². The van der Waals surface area contributed by atoms with Crippen LogP contribution in [-0.4, -0.2) is 0 Å². The van der Waals surface area contributed by atoms with Gasteiger partial charge in [0.15, 0.2) is 0 Å². The summed E-state index contributed by atoms with van der Waals surface area (Å²) in [6.45, 7) is 6.48. The summed E-state index contributed by atoms with van der Waals surface area (Å²) in [6, 6.07) is 0. The van der Waals surface area contributed by atoms with Gasteiger partial charge in [-0.3, -0.25) is 0 Å². The molecule has 0 aromatic heterocycles. The van der Waals surface area contributed by atoms with Crippen LogP contribution in [0, 0.1) is 18.8 Å². The highest BCUT2D eigenvalue weighted by atomic mass is 14.2. The van der Waals surface area contributed by atoms with Gasteiger partial charge in [-0.2, -0.15) is 0 Å². The van der Waals surface area contributed by atoms with Crippen LogP contribution in [0.3, 0.4) is 0 Å². The van der Waals surface area contributed by atoms with E-state index in [-0.39, 0.29) is 0 Å². The molecule has 1 rings (SSSR count). The minimum absolute atomic E-state index is 0.691. The number of rotatable bonds is 2. The van der Waals surface area contributed by atoms with Gasteiger partial charge in [-0.05, 0) is 50.9 Å². The summed E-state index contributed by atoms with van der Waals surface area (Å²) in [5.41, 5.74) is 0. The first-order chi connectivity index (χ1) is 5.84. The van der Waals surface area contributed by atoms with Crippen molar-refractivity contribution in [1.82, 2.24) is 0 Å². The highest BCUT2D eigenvalue weighted by molar-refractivity contribution is 4.86. The van der Waals surface area contributed by atoms with Crippen molar-refractivity contribution in [2.75, 3.05) is 0 Å². The Morgan fingerprint density at radius 1 is 1.33 bits per heavy atom. The predicted molar refractivity (Wildman–Crippen MR) is 54.9 cm³/mol. The molecule has 0 aromatic carbocycles. The van der Waals surface area contributed by atoms with Crippen LogP contribution in [0.2, 0.25) is 0 Å². The summed E-state index contributed by atoms with van der Waals surface area (Å²) in [4.78, 5) is 0. The normalized spacial score (nSPS) is 30.3. The molecule has 0 bridgehead atoms. The molecule has 0 N–H and O–H groups in total. The Kier molecular flexibility index (Phi) is 4.42. The summed E-state index contributed by atoms with van der Waals surface area (Å²) < 4.78 is 0. The van der Waals surface area contributed by atoms with Crippen molar-refractivity contribution in [2.45, 2.75) is 45.4 Å². The van der Waals surface area contributed by atoms with E-state index in [2.05, 4.69) is 26.0 Å². The maximum atomic E-state index is 4.23. The second-order valence-corrected chi connectivity index (χ2v) is 3.91. The highest BCUT2D eigenvalue weighted by Crippen LogP contribution is 2.27. The summed E-state index contributed by atoms with van der Waals surface area (Å²) in [5, 5.41) is 0. The molecular weight excluding hydrogens is 144 g/mol. The first kappa shape index (κ1) is 9.83. The summed E-state index contributed by atoms with van der Waals surface area (Å²) in [7, 11) is 0. The van der Waals surface area contributed by atoms with E-state index in [4.69, 9.17) is 0 Å². The molecule has 12 heavy (non-hydrogen) atoms. The minimum Gasteiger partial charge on any atom is -0.0885 e. The lowest BCUT2D eigenvalue weighted by atomic mass is 9.83. The average Bonchev–Trinajstić information content (AvgIpc) is 2.02. The van der Waals surface area contributed by atoms with E-state index in [9.17, 15) is 0 Å². The molecule has 2 unspecified atom stereocenters. The Morgan fingerprint density at radius 3 is 2.83 bits per heavy atom. The van der Waals surface area contributed by atoms with Crippen molar-refractivity contribution in [3.05, 3.63) is 19.1 Å². The van der Waals surface area contributed by atoms with Gasteiger partial charge in [0.2, 0.25) is 0 Å². The first-order valence-electron chi connectivity index (χ1n) is 5.32. The van der Waals surface area contributed by atoms with E-state index in [1.807, 2.05) is 0 Å². The van der Waals surface area contributed by atoms with E-state index < -0.39 is 0 Å². The molecule has 0 heteroatoms. The van der Waals surface area contributed by atoms with E-state index in [1.165, 1.54) is 38.5 Å². The fourth-order valence-corrected chi connectivity index (χ4v) is 1.99. The second kappa shape index (κ2) is 5.40. The van der Waals surface area contributed by atoms with E-state index in [1.54, 1.807) is 0 Å². The third-order valence-corrected chi connectivity index (χ3v) is 3.01. The summed E-state index contributed by atoms with van der Waals surface area (Å²) >= 11 is 0. The maximum absolute atomic E-state index is 4.23. The molecule has 0 saturated carbocycles. The Labute approximate surface area is 77.1 Å². The Balaban J connectivity index is 2.36. The van der Waals surface area contributed by atoms with Gasteiger partial charge in [0.25, 0.3) is 0 Å². The largest absolute Gasteiger partial charge is 0.0885 e. The van der Waals surface area contributed by atoms with E-state index in [0.29, 0.717) is 5.92 Å². The maximum Gasteiger partial charge on any atom is -0.0348 e. The predicted octanol–water partition coefficient (Wildman–Crippen LogP) is 3.98. The van der Waals surface area contributed by atoms with Gasteiger partial charge in [0.1, 0.15) is 0 Å². The zero-order chi connectivity index (χ0) is 8.81. The van der Waals surface area contributed by atoms with Crippen LogP contribution >= 0.6 is 0 Å². The molecule has 1 aliphatic rings. The van der Waals surface area contributed by atoms with Crippen molar-refractivity contribution in [3.8, 4) is 0 Å². The fraction of sp³-hybridized carbons (Fsp3) is 0.750. The first-order valence-corrected chi connectivity index (χ1v) is 5.32. The van der Waals surface area contributed by atoms with Gasteiger partial charge < -0.3 is 0 Å². The number of hydrogen-bond acceptors (Lipinski definition) is 0. The van der Waals surface area contributed by atoms with Gasteiger partial charge in [0, 0.05) is 0 Å². The average molecular weight is 165 g/mol. The molecule has 1 aliphatic carbocycles. The van der Waals surface area contributed by atoms with Gasteiger partial charge in [0.05, 0.1) is 0 Å². The molecule has 0 aromatic rings. The molecule has 0 fully saturated rings. The zero-order valence-electron chi connectivity index (χ0n) is 8.26. The molecule has 69 valence electrons. The van der Waals surface area contributed by atoms with Crippen molar-refractivity contribution >= 4 is 0 Å². The van der Waals surface area contributed by atoms with Crippen molar-refractivity contribution < 1.29 is 0 Å². The summed E-state index contributed by atoms with van der Waals surface area (Å²) in [6.07, 6.45) is 12.6. The molecule has 0 aliphatic heterocycles. The summed E-state index contributed by atoms with van der Waals surface area (Å²) in [5.74, 6) is 1.58. The zero-order valence-corrected chi connectivity index (χ0v) is 8.26. The third-order valence-electron chi connectivity index (χ3n) is 3.01. The van der Waals surface area contributed by atoms with E-state index in [0.717, 1.165) is 5.92 Å². The third kappa shape index (κ3) is 3.00. The molecule has 0 nitrogen and oxygen atoms in total. The Morgan fingerprint density at radius 2 is 2.08 bits per heavy atom. The Bertz CT molecular complexity index is 135. The highest BCUT2D eigenvalue weighted by Gasteiger charge is 2.15. The standard InChI is InChI=1S/C12H21/c1-3-11(2)12-9-7-5-4-6-8-10-12/h4-5,11-12H,2-3,6-10H2,1H3/b5-4-. The van der Waals surface area contributed by atoms with Crippen LogP contribution in [0.4, 0.5) is 0 Å². The smallest absolute Gasteiger partial charge is 0.0348 e.